The lowest BCUT2D eigenvalue weighted by Gasteiger charge is -2.27. The van der Waals surface area contributed by atoms with Crippen molar-refractivity contribution in [3.05, 3.63) is 35.4 Å². The van der Waals surface area contributed by atoms with Gasteiger partial charge in [0.1, 0.15) is 18.3 Å². The predicted molar refractivity (Wildman–Crippen MR) is 137 cm³/mol. The number of carbonyl (C=O) groups excluding carboxylic acids is 3. The largest absolute Gasteiger partial charge is 0.493 e. The first-order valence-corrected chi connectivity index (χ1v) is 12.7. The van der Waals surface area contributed by atoms with Crippen LogP contribution >= 0.6 is 0 Å². The molecule has 1 atom stereocenters. The predicted octanol–water partition coefficient (Wildman–Crippen LogP) is 2.11. The average molecular weight is 515 g/mol. The minimum atomic E-state index is -0.403. The first-order chi connectivity index (χ1) is 17.6. The summed E-state index contributed by atoms with van der Waals surface area (Å²) in [6.45, 7) is 10.7. The molecule has 11 nitrogen and oxygen atoms in total. The van der Waals surface area contributed by atoms with Crippen molar-refractivity contribution in [2.45, 2.75) is 53.6 Å². The molecule has 37 heavy (non-hydrogen) atoms. The average Bonchev–Trinajstić information content (AvgIpc) is 3.22. The Morgan fingerprint density at radius 1 is 1.19 bits per heavy atom. The molecule has 4 rings (SSSR count). The van der Waals surface area contributed by atoms with Gasteiger partial charge in [-0.2, -0.15) is 5.10 Å². The third-order valence-corrected chi connectivity index (χ3v) is 6.08. The maximum Gasteiger partial charge on any atom is 0.251 e. The lowest BCUT2D eigenvalue weighted by molar-refractivity contribution is -0.139. The number of aryl methyl sites for hydroxylation is 1. The number of rotatable bonds is 3. The van der Waals surface area contributed by atoms with E-state index in [4.69, 9.17) is 9.47 Å². The molecule has 3 amide bonds. The van der Waals surface area contributed by atoms with Crippen LogP contribution in [0.3, 0.4) is 0 Å². The van der Waals surface area contributed by atoms with E-state index in [0.29, 0.717) is 54.8 Å². The van der Waals surface area contributed by atoms with Crippen molar-refractivity contribution in [1.82, 2.24) is 30.3 Å². The number of hydrogen-bond donors (Lipinski definition) is 2. The van der Waals surface area contributed by atoms with Crippen LogP contribution in [0.25, 0.3) is 0 Å². The minimum Gasteiger partial charge on any atom is -0.493 e. The molecule has 11 heteroatoms. The van der Waals surface area contributed by atoms with Gasteiger partial charge in [0.25, 0.3) is 5.91 Å². The molecule has 2 aliphatic heterocycles. The first-order valence-electron chi connectivity index (χ1n) is 12.7. The van der Waals surface area contributed by atoms with Crippen LogP contribution < -0.4 is 20.1 Å². The monoisotopic (exact) mass is 514 g/mol. The quantitative estimate of drug-likeness (QED) is 0.642. The summed E-state index contributed by atoms with van der Waals surface area (Å²) in [5, 5.41) is 10.4. The van der Waals surface area contributed by atoms with E-state index in [9.17, 15) is 14.4 Å². The molecule has 0 spiro atoms. The molecule has 2 N–H and O–H groups in total. The lowest BCUT2D eigenvalue weighted by Crippen LogP contribution is -2.45. The highest BCUT2D eigenvalue weighted by Crippen LogP contribution is 2.28. The van der Waals surface area contributed by atoms with E-state index < -0.39 is 6.04 Å². The van der Waals surface area contributed by atoms with Gasteiger partial charge in [-0.25, -0.2) is 9.67 Å². The maximum atomic E-state index is 13.1. The Balaban J connectivity index is 1.94. The van der Waals surface area contributed by atoms with Gasteiger partial charge >= 0.3 is 0 Å². The normalized spacial score (nSPS) is 17.8. The number of nitrogens with zero attached hydrogens (tertiary/aromatic N) is 4. The van der Waals surface area contributed by atoms with Crippen molar-refractivity contribution in [2.24, 2.45) is 11.8 Å². The standard InChI is InChI=1S/C26H38N6O5/c1-16(2)23-24-28-18(5)30-32(24)12-13-37-20-9-8-19(14-21(20)36-6)25(34)27-10-7-11-31(15-22(33)29-23)26(35)17(3)4/h8-9,14,16-17,23H,7,10-13,15H2,1-6H3,(H,27,34)(H,29,33)/t23-/m0/s1. The Morgan fingerprint density at radius 3 is 2.62 bits per heavy atom. The third kappa shape index (κ3) is 7.21. The second-order valence-corrected chi connectivity index (χ2v) is 9.77. The van der Waals surface area contributed by atoms with Gasteiger partial charge in [-0.05, 0) is 37.5 Å². The molecule has 0 aliphatic carbocycles. The molecule has 0 saturated carbocycles. The van der Waals surface area contributed by atoms with E-state index in [1.807, 2.05) is 13.8 Å². The Labute approximate surface area is 217 Å². The topological polar surface area (TPSA) is 128 Å². The van der Waals surface area contributed by atoms with Gasteiger partial charge < -0.3 is 25.0 Å². The van der Waals surface area contributed by atoms with Crippen LogP contribution in [-0.2, 0) is 16.1 Å². The van der Waals surface area contributed by atoms with Crippen molar-refractivity contribution >= 4 is 17.7 Å². The number of hydrogen-bond acceptors (Lipinski definition) is 7. The molecule has 2 aromatic rings. The van der Waals surface area contributed by atoms with Crippen LogP contribution in [0, 0.1) is 18.8 Å². The van der Waals surface area contributed by atoms with Gasteiger partial charge in [-0.3, -0.25) is 14.4 Å². The van der Waals surface area contributed by atoms with Gasteiger partial charge in [0.15, 0.2) is 11.5 Å². The van der Waals surface area contributed by atoms with Gasteiger partial charge in [-0.15, -0.1) is 0 Å². The summed E-state index contributed by atoms with van der Waals surface area (Å²) in [6.07, 6.45) is 0.497. The van der Waals surface area contributed by atoms with Gasteiger partial charge in [0, 0.05) is 24.6 Å². The number of fused-ring (bicyclic) bond motifs is 13. The van der Waals surface area contributed by atoms with Gasteiger partial charge in [0.05, 0.1) is 26.2 Å². The third-order valence-electron chi connectivity index (χ3n) is 6.08. The molecule has 1 aromatic heterocycles. The van der Waals surface area contributed by atoms with Gasteiger partial charge in [-0.1, -0.05) is 27.7 Å². The zero-order valence-electron chi connectivity index (χ0n) is 22.5. The van der Waals surface area contributed by atoms with Crippen molar-refractivity contribution in [3.8, 4) is 11.5 Å². The zero-order chi connectivity index (χ0) is 27.1. The van der Waals surface area contributed by atoms with Crippen LogP contribution in [0.4, 0.5) is 0 Å². The molecule has 2 bridgehead atoms. The summed E-state index contributed by atoms with van der Waals surface area (Å²) in [4.78, 5) is 44.8. The minimum absolute atomic E-state index is 0.0263. The molecule has 0 radical (unpaired) electrons. The zero-order valence-corrected chi connectivity index (χ0v) is 22.5. The van der Waals surface area contributed by atoms with E-state index in [2.05, 4.69) is 20.7 Å². The molecule has 0 unspecified atom stereocenters. The number of ether oxygens (including phenoxy) is 2. The highest BCUT2D eigenvalue weighted by Gasteiger charge is 2.27. The van der Waals surface area contributed by atoms with E-state index in [1.54, 1.807) is 48.6 Å². The van der Waals surface area contributed by atoms with E-state index >= 15 is 0 Å². The summed E-state index contributed by atoms with van der Waals surface area (Å²) in [5.74, 6) is 1.27. The van der Waals surface area contributed by atoms with Crippen molar-refractivity contribution in [1.29, 1.82) is 0 Å². The first kappa shape index (κ1) is 27.9. The Kier molecular flexibility index (Phi) is 9.48. The summed E-state index contributed by atoms with van der Waals surface area (Å²) in [7, 11) is 1.52. The second-order valence-electron chi connectivity index (χ2n) is 9.77. The molecular formula is C26H38N6O5. The highest BCUT2D eigenvalue weighted by molar-refractivity contribution is 5.94. The van der Waals surface area contributed by atoms with Crippen molar-refractivity contribution < 1.29 is 23.9 Å². The fraction of sp³-hybridized carbons (Fsp3) is 0.577. The Bertz CT molecular complexity index is 1110. The fourth-order valence-corrected chi connectivity index (χ4v) is 4.16. The molecule has 0 saturated heterocycles. The van der Waals surface area contributed by atoms with E-state index in [-0.39, 0.29) is 42.7 Å². The van der Waals surface area contributed by atoms with Crippen LogP contribution in [0.1, 0.15) is 62.2 Å². The van der Waals surface area contributed by atoms with Crippen LogP contribution in [0.5, 0.6) is 11.5 Å². The molecule has 202 valence electrons. The summed E-state index contributed by atoms with van der Waals surface area (Å²) >= 11 is 0. The van der Waals surface area contributed by atoms with E-state index in [0.717, 1.165) is 0 Å². The Morgan fingerprint density at radius 2 is 1.95 bits per heavy atom. The van der Waals surface area contributed by atoms with Crippen LogP contribution in [0.15, 0.2) is 18.2 Å². The summed E-state index contributed by atoms with van der Waals surface area (Å²) < 4.78 is 13.1. The summed E-state index contributed by atoms with van der Waals surface area (Å²) in [6, 6.07) is 4.61. The number of benzene rings is 1. The molecule has 1 aromatic carbocycles. The lowest BCUT2D eigenvalue weighted by atomic mass is 10.0. The number of carbonyl (C=O) groups is 3. The number of nitrogens with one attached hydrogen (secondary N) is 2. The molecule has 3 heterocycles. The fourth-order valence-electron chi connectivity index (χ4n) is 4.16. The molecule has 0 fully saturated rings. The molecular weight excluding hydrogens is 476 g/mol. The highest BCUT2D eigenvalue weighted by atomic mass is 16.5. The van der Waals surface area contributed by atoms with Crippen molar-refractivity contribution in [2.75, 3.05) is 33.4 Å². The van der Waals surface area contributed by atoms with Crippen molar-refractivity contribution in [3.63, 3.8) is 0 Å². The smallest absolute Gasteiger partial charge is 0.251 e. The number of methoxy groups -OCH3 is 1. The summed E-state index contributed by atoms with van der Waals surface area (Å²) in [5.41, 5.74) is 0.436. The van der Waals surface area contributed by atoms with Crippen LogP contribution in [0.2, 0.25) is 0 Å². The van der Waals surface area contributed by atoms with Gasteiger partial charge in [0.2, 0.25) is 11.8 Å². The molecule has 2 aliphatic rings. The second kappa shape index (κ2) is 12.6. The number of aromatic nitrogens is 3. The van der Waals surface area contributed by atoms with Crippen LogP contribution in [-0.4, -0.2) is 70.7 Å². The Hall–Kier alpha value is -3.63. The SMILES string of the molecule is COc1cc2ccc1OCCn1nc(C)nc1[C@H](C(C)C)NC(=O)CN(C(=O)C(C)C)CCCNC2=O. The number of amides is 3. The van der Waals surface area contributed by atoms with E-state index in [1.165, 1.54) is 7.11 Å². The maximum absolute atomic E-state index is 13.1.